The second kappa shape index (κ2) is 2.67. The molecule has 0 bridgehead atoms. The third-order valence-corrected chi connectivity index (χ3v) is 1.34. The first-order valence-corrected chi connectivity index (χ1v) is 3.30. The summed E-state index contributed by atoms with van der Waals surface area (Å²) in [6, 6.07) is 0. The molecule has 0 radical (unpaired) electrons. The number of hydrazine groups is 1. The van der Waals surface area contributed by atoms with Gasteiger partial charge in [0.25, 0.3) is 0 Å². The van der Waals surface area contributed by atoms with Gasteiger partial charge in [-0.3, -0.25) is 0 Å². The van der Waals surface area contributed by atoms with Crippen LogP contribution in [-0.2, 0) is 0 Å². The lowest BCUT2D eigenvalue weighted by Gasteiger charge is -1.97. The maximum atomic E-state index is 5.14. The van der Waals surface area contributed by atoms with E-state index in [-0.39, 0.29) is 0 Å². The zero-order valence-electron chi connectivity index (χ0n) is 6.10. The fourth-order valence-corrected chi connectivity index (χ4v) is 0.828. The summed E-state index contributed by atoms with van der Waals surface area (Å²) in [5.74, 6) is 5.62. The van der Waals surface area contributed by atoms with Crippen LogP contribution in [0.15, 0.2) is 18.6 Å². The molecule has 60 valence electrons. The Morgan fingerprint density at radius 2 is 1.83 bits per heavy atom. The summed E-state index contributed by atoms with van der Waals surface area (Å²) in [6.45, 7) is 0. The second-order valence-corrected chi connectivity index (χ2v) is 2.10. The third kappa shape index (κ3) is 1.04. The molecule has 6 heteroatoms. The van der Waals surface area contributed by atoms with Gasteiger partial charge >= 0.3 is 0 Å². The lowest BCUT2D eigenvalue weighted by molar-refractivity contribution is 1.14. The molecule has 0 aliphatic heterocycles. The predicted molar refractivity (Wildman–Crippen MR) is 42.9 cm³/mol. The van der Waals surface area contributed by atoms with Gasteiger partial charge in [-0.05, 0) is 0 Å². The lowest BCUT2D eigenvalue weighted by Crippen LogP contribution is -2.09. The van der Waals surface area contributed by atoms with Gasteiger partial charge in [-0.1, -0.05) is 0 Å². The molecule has 0 fully saturated rings. The number of hydrogen-bond donors (Lipinski definition) is 2. The van der Waals surface area contributed by atoms with Gasteiger partial charge in [0.05, 0.1) is 6.20 Å². The highest BCUT2D eigenvalue weighted by Crippen LogP contribution is 2.04. The van der Waals surface area contributed by atoms with Crippen molar-refractivity contribution >= 4 is 17.1 Å². The van der Waals surface area contributed by atoms with E-state index in [0.29, 0.717) is 17.1 Å². The normalized spacial score (nSPS) is 10.1. The van der Waals surface area contributed by atoms with E-state index in [1.807, 2.05) is 0 Å². The van der Waals surface area contributed by atoms with Crippen molar-refractivity contribution in [2.45, 2.75) is 0 Å². The zero-order chi connectivity index (χ0) is 8.39. The average Bonchev–Trinajstić information content (AvgIpc) is 2.17. The maximum absolute atomic E-state index is 5.14. The van der Waals surface area contributed by atoms with Crippen LogP contribution in [0.1, 0.15) is 0 Å². The van der Waals surface area contributed by atoms with Gasteiger partial charge in [-0.2, -0.15) is 0 Å². The summed E-state index contributed by atoms with van der Waals surface area (Å²) < 4.78 is 0. The van der Waals surface area contributed by atoms with Gasteiger partial charge in [0.2, 0.25) is 0 Å². The second-order valence-electron chi connectivity index (χ2n) is 2.10. The Labute approximate surface area is 67.9 Å². The largest absolute Gasteiger partial charge is 0.307 e. The molecule has 12 heavy (non-hydrogen) atoms. The zero-order valence-corrected chi connectivity index (χ0v) is 6.10. The highest BCUT2D eigenvalue weighted by Gasteiger charge is 1.97. The molecule has 2 rings (SSSR count). The standard InChI is InChI=1S/C6H6N6/c7-12-4-3-10-5-6(11-4)9-2-1-8-5/h1-3H,7H2,(H,9,11,12). The van der Waals surface area contributed by atoms with Crippen LogP contribution in [0, 0.1) is 0 Å². The molecule has 3 N–H and O–H groups in total. The molecule has 0 atom stereocenters. The van der Waals surface area contributed by atoms with Crippen LogP contribution in [0.4, 0.5) is 5.82 Å². The van der Waals surface area contributed by atoms with Crippen molar-refractivity contribution in [3.63, 3.8) is 0 Å². The van der Waals surface area contributed by atoms with Gasteiger partial charge in [0.15, 0.2) is 17.1 Å². The molecule has 0 saturated carbocycles. The van der Waals surface area contributed by atoms with E-state index in [0.717, 1.165) is 0 Å². The first-order chi connectivity index (χ1) is 5.90. The molecule has 0 spiro atoms. The van der Waals surface area contributed by atoms with E-state index in [1.54, 1.807) is 12.4 Å². The van der Waals surface area contributed by atoms with Crippen LogP contribution < -0.4 is 11.3 Å². The molecular formula is C6H6N6. The number of nitrogen functional groups attached to an aromatic ring is 1. The van der Waals surface area contributed by atoms with Crippen LogP contribution >= 0.6 is 0 Å². The molecule has 6 nitrogen and oxygen atoms in total. The van der Waals surface area contributed by atoms with Gasteiger partial charge < -0.3 is 5.43 Å². The number of nitrogens with zero attached hydrogens (tertiary/aromatic N) is 4. The molecular weight excluding hydrogens is 156 g/mol. The lowest BCUT2D eigenvalue weighted by atomic mass is 10.6. The minimum absolute atomic E-state index is 0.475. The molecule has 0 amide bonds. The van der Waals surface area contributed by atoms with Gasteiger partial charge in [0, 0.05) is 12.4 Å². The van der Waals surface area contributed by atoms with E-state index in [1.165, 1.54) is 6.20 Å². The van der Waals surface area contributed by atoms with Crippen LogP contribution in [0.2, 0.25) is 0 Å². The number of aromatic nitrogens is 4. The minimum Gasteiger partial charge on any atom is -0.307 e. The Morgan fingerprint density at radius 1 is 1.08 bits per heavy atom. The molecule has 0 saturated heterocycles. The van der Waals surface area contributed by atoms with Crippen LogP contribution in [0.25, 0.3) is 11.3 Å². The number of nitrogens with one attached hydrogen (secondary N) is 1. The number of nitrogens with two attached hydrogens (primary N) is 1. The summed E-state index contributed by atoms with van der Waals surface area (Å²) in [4.78, 5) is 15.9. The third-order valence-electron chi connectivity index (χ3n) is 1.34. The molecule has 2 heterocycles. The van der Waals surface area contributed by atoms with E-state index in [9.17, 15) is 0 Å². The summed E-state index contributed by atoms with van der Waals surface area (Å²) in [5.41, 5.74) is 3.37. The number of fused-ring (bicyclic) bond motifs is 1. The molecule has 0 aliphatic carbocycles. The summed E-state index contributed by atoms with van der Waals surface area (Å²) in [6.07, 6.45) is 4.61. The van der Waals surface area contributed by atoms with Crippen molar-refractivity contribution < 1.29 is 0 Å². The summed E-state index contributed by atoms with van der Waals surface area (Å²) >= 11 is 0. The Hall–Kier alpha value is -1.82. The van der Waals surface area contributed by atoms with Gasteiger partial charge in [-0.25, -0.2) is 25.8 Å². The van der Waals surface area contributed by atoms with E-state index in [2.05, 4.69) is 25.4 Å². The smallest absolute Gasteiger partial charge is 0.199 e. The molecule has 0 aromatic carbocycles. The number of anilines is 1. The number of rotatable bonds is 1. The van der Waals surface area contributed by atoms with Crippen molar-refractivity contribution in [2.24, 2.45) is 5.84 Å². The van der Waals surface area contributed by atoms with Crippen LogP contribution in [-0.4, -0.2) is 19.9 Å². The highest BCUT2D eigenvalue weighted by molar-refractivity contribution is 5.65. The van der Waals surface area contributed by atoms with Crippen LogP contribution in [0.5, 0.6) is 0 Å². The molecule has 2 aromatic rings. The van der Waals surface area contributed by atoms with Crippen molar-refractivity contribution in [1.29, 1.82) is 0 Å². The first kappa shape index (κ1) is 6.86. The Bertz CT molecular complexity index is 400. The average molecular weight is 162 g/mol. The number of hydrogen-bond acceptors (Lipinski definition) is 6. The Kier molecular flexibility index (Phi) is 1.52. The summed E-state index contributed by atoms with van der Waals surface area (Å²) in [7, 11) is 0. The van der Waals surface area contributed by atoms with Gasteiger partial charge in [-0.15, -0.1) is 0 Å². The van der Waals surface area contributed by atoms with E-state index < -0.39 is 0 Å². The van der Waals surface area contributed by atoms with Crippen molar-refractivity contribution in [2.75, 3.05) is 5.43 Å². The van der Waals surface area contributed by atoms with Crippen molar-refractivity contribution in [3.8, 4) is 0 Å². The maximum Gasteiger partial charge on any atom is 0.199 e. The van der Waals surface area contributed by atoms with Crippen molar-refractivity contribution in [1.82, 2.24) is 19.9 Å². The first-order valence-electron chi connectivity index (χ1n) is 3.30. The van der Waals surface area contributed by atoms with E-state index in [4.69, 9.17) is 5.84 Å². The topological polar surface area (TPSA) is 89.6 Å². The molecule has 0 aliphatic rings. The predicted octanol–water partition coefficient (Wildman–Crippen LogP) is -0.295. The van der Waals surface area contributed by atoms with Gasteiger partial charge in [0.1, 0.15) is 0 Å². The monoisotopic (exact) mass is 162 g/mol. The van der Waals surface area contributed by atoms with Crippen molar-refractivity contribution in [3.05, 3.63) is 18.6 Å². The van der Waals surface area contributed by atoms with Crippen LogP contribution in [0.3, 0.4) is 0 Å². The SMILES string of the molecule is NNc1cnc2nccnc2n1. The minimum atomic E-state index is 0.475. The Balaban J connectivity index is 2.67. The fourth-order valence-electron chi connectivity index (χ4n) is 0.828. The highest BCUT2D eigenvalue weighted by atomic mass is 15.3. The van der Waals surface area contributed by atoms with E-state index >= 15 is 0 Å². The molecule has 2 aromatic heterocycles. The molecule has 0 unspecified atom stereocenters. The fraction of sp³-hybridized carbons (Fsp3) is 0. The summed E-state index contributed by atoms with van der Waals surface area (Å²) in [5, 5.41) is 0. The Morgan fingerprint density at radius 3 is 2.58 bits per heavy atom. The quantitative estimate of drug-likeness (QED) is 0.442.